The first-order valence-corrected chi connectivity index (χ1v) is 7.80. The van der Waals surface area contributed by atoms with Gasteiger partial charge in [0.25, 0.3) is 0 Å². The summed E-state index contributed by atoms with van der Waals surface area (Å²) < 4.78 is 5.02. The normalized spacial score (nSPS) is 13.0. The summed E-state index contributed by atoms with van der Waals surface area (Å²) in [5.74, 6) is -1.55. The molecule has 3 N–H and O–H groups in total. The molecule has 1 rings (SSSR count). The molecule has 24 heavy (non-hydrogen) atoms. The second-order valence-electron chi connectivity index (χ2n) is 5.96. The van der Waals surface area contributed by atoms with Gasteiger partial charge < -0.3 is 20.5 Å². The third kappa shape index (κ3) is 7.13. The van der Waals surface area contributed by atoms with Gasteiger partial charge in [0, 0.05) is 0 Å². The maximum atomic E-state index is 12.0. The highest BCUT2D eigenvalue weighted by Crippen LogP contribution is 2.05. The molecule has 0 heterocycles. The van der Waals surface area contributed by atoms with Gasteiger partial charge in [0.1, 0.15) is 18.7 Å². The number of carboxylic acids is 1. The Hall–Kier alpha value is -2.57. The van der Waals surface area contributed by atoms with Crippen molar-refractivity contribution < 1.29 is 24.2 Å². The lowest BCUT2D eigenvalue weighted by Gasteiger charge is -2.19. The molecule has 7 nitrogen and oxygen atoms in total. The molecule has 0 saturated carbocycles. The molecule has 0 radical (unpaired) electrons. The molecule has 0 aliphatic rings. The molecule has 1 aromatic carbocycles. The van der Waals surface area contributed by atoms with Crippen LogP contribution in [0.5, 0.6) is 0 Å². The first kappa shape index (κ1) is 19.5. The summed E-state index contributed by atoms with van der Waals surface area (Å²) in [5.41, 5.74) is 0.827. The Morgan fingerprint density at radius 1 is 1.08 bits per heavy atom. The van der Waals surface area contributed by atoms with Crippen molar-refractivity contribution in [2.75, 3.05) is 0 Å². The van der Waals surface area contributed by atoms with Crippen molar-refractivity contribution in [1.29, 1.82) is 0 Å². The van der Waals surface area contributed by atoms with Gasteiger partial charge in [0.15, 0.2) is 0 Å². The Morgan fingerprint density at radius 3 is 2.25 bits per heavy atom. The predicted molar refractivity (Wildman–Crippen MR) is 88.2 cm³/mol. The summed E-state index contributed by atoms with van der Waals surface area (Å²) in [6.07, 6.45) is -0.427. The zero-order valence-corrected chi connectivity index (χ0v) is 14.1. The highest BCUT2D eigenvalue weighted by Gasteiger charge is 2.24. The van der Waals surface area contributed by atoms with Crippen molar-refractivity contribution in [3.63, 3.8) is 0 Å². The van der Waals surface area contributed by atoms with Crippen LogP contribution in [0, 0.1) is 5.92 Å². The second kappa shape index (κ2) is 9.54. The summed E-state index contributed by atoms with van der Waals surface area (Å²) in [6.45, 7) is 5.29. The van der Waals surface area contributed by atoms with Crippen molar-refractivity contribution in [3.05, 3.63) is 35.9 Å². The van der Waals surface area contributed by atoms with E-state index >= 15 is 0 Å². The molecule has 0 saturated heterocycles. The number of rotatable bonds is 8. The lowest BCUT2D eigenvalue weighted by atomic mass is 10.0. The average Bonchev–Trinajstić information content (AvgIpc) is 2.52. The molecule has 2 amide bonds. The molecule has 0 unspecified atom stereocenters. The lowest BCUT2D eigenvalue weighted by molar-refractivity contribution is -0.142. The van der Waals surface area contributed by atoms with Gasteiger partial charge in [-0.1, -0.05) is 44.2 Å². The summed E-state index contributed by atoms with van der Waals surface area (Å²) in [4.78, 5) is 34.9. The van der Waals surface area contributed by atoms with Gasteiger partial charge in [0.05, 0.1) is 0 Å². The van der Waals surface area contributed by atoms with E-state index in [0.717, 1.165) is 5.56 Å². The van der Waals surface area contributed by atoms with Crippen LogP contribution in [0.1, 0.15) is 32.8 Å². The number of carboxylic acid groups (broad SMARTS) is 1. The van der Waals surface area contributed by atoms with Crippen molar-refractivity contribution in [1.82, 2.24) is 10.6 Å². The Bertz CT molecular complexity index is 559. The molecule has 0 fully saturated rings. The van der Waals surface area contributed by atoms with Crippen LogP contribution in [0.2, 0.25) is 0 Å². The summed E-state index contributed by atoms with van der Waals surface area (Å²) in [5, 5.41) is 13.9. The van der Waals surface area contributed by atoms with Crippen LogP contribution in [0.4, 0.5) is 4.79 Å². The van der Waals surface area contributed by atoms with Crippen LogP contribution < -0.4 is 10.6 Å². The zero-order chi connectivity index (χ0) is 18.1. The molecule has 0 bridgehead atoms. The maximum Gasteiger partial charge on any atom is 0.408 e. The van der Waals surface area contributed by atoms with E-state index in [-0.39, 0.29) is 12.5 Å². The number of carbonyl (C=O) groups is 3. The summed E-state index contributed by atoms with van der Waals surface area (Å²) >= 11 is 0. The van der Waals surface area contributed by atoms with Gasteiger partial charge in [-0.3, -0.25) is 4.79 Å². The van der Waals surface area contributed by atoms with Gasteiger partial charge in [-0.2, -0.15) is 0 Å². The number of alkyl carbamates (subject to hydrolysis) is 1. The summed E-state index contributed by atoms with van der Waals surface area (Å²) in [6, 6.07) is 7.25. The third-order valence-corrected chi connectivity index (χ3v) is 3.26. The molecule has 7 heteroatoms. The van der Waals surface area contributed by atoms with E-state index in [1.807, 2.05) is 44.2 Å². The molecule has 0 spiro atoms. The molecule has 2 atom stereocenters. The van der Waals surface area contributed by atoms with Crippen LogP contribution in [-0.4, -0.2) is 35.2 Å². The Kier molecular flexibility index (Phi) is 7.74. The molecule has 1 aromatic rings. The fourth-order valence-corrected chi connectivity index (χ4v) is 2.00. The fraction of sp³-hybridized carbons (Fsp3) is 0.471. The Morgan fingerprint density at radius 2 is 1.71 bits per heavy atom. The van der Waals surface area contributed by atoms with E-state index in [2.05, 4.69) is 10.6 Å². The summed E-state index contributed by atoms with van der Waals surface area (Å²) in [7, 11) is 0. The van der Waals surface area contributed by atoms with Gasteiger partial charge >= 0.3 is 12.1 Å². The molecule has 0 aliphatic heterocycles. The molecule has 0 aromatic heterocycles. The van der Waals surface area contributed by atoms with Crippen molar-refractivity contribution in [2.24, 2.45) is 5.92 Å². The smallest absolute Gasteiger partial charge is 0.408 e. The minimum absolute atomic E-state index is 0.0894. The van der Waals surface area contributed by atoms with Crippen LogP contribution in [-0.2, 0) is 20.9 Å². The van der Waals surface area contributed by atoms with Crippen LogP contribution in [0.15, 0.2) is 30.3 Å². The first-order valence-electron chi connectivity index (χ1n) is 7.80. The lowest BCUT2D eigenvalue weighted by Crippen LogP contribution is -2.50. The predicted octanol–water partition coefficient (Wildman–Crippen LogP) is 1.92. The minimum atomic E-state index is -1.10. The Labute approximate surface area is 141 Å². The average molecular weight is 336 g/mol. The molecular weight excluding hydrogens is 312 g/mol. The number of hydrogen-bond acceptors (Lipinski definition) is 4. The van der Waals surface area contributed by atoms with Crippen LogP contribution in [0.3, 0.4) is 0 Å². The third-order valence-electron chi connectivity index (χ3n) is 3.26. The van der Waals surface area contributed by atoms with Crippen LogP contribution in [0.25, 0.3) is 0 Å². The number of amides is 2. The van der Waals surface area contributed by atoms with Crippen molar-refractivity contribution in [3.8, 4) is 0 Å². The van der Waals surface area contributed by atoms with Gasteiger partial charge in [-0.25, -0.2) is 9.59 Å². The number of hydrogen-bond donors (Lipinski definition) is 3. The number of nitrogens with one attached hydrogen (secondary N) is 2. The maximum absolute atomic E-state index is 12.0. The highest BCUT2D eigenvalue weighted by atomic mass is 16.5. The molecule has 132 valence electrons. The van der Waals surface area contributed by atoms with E-state index in [1.54, 1.807) is 0 Å². The number of benzene rings is 1. The Balaban J connectivity index is 2.44. The van der Waals surface area contributed by atoms with Gasteiger partial charge in [-0.15, -0.1) is 0 Å². The highest BCUT2D eigenvalue weighted by molar-refractivity contribution is 5.88. The van der Waals surface area contributed by atoms with E-state index in [1.165, 1.54) is 6.92 Å². The largest absolute Gasteiger partial charge is 0.480 e. The monoisotopic (exact) mass is 336 g/mol. The topological polar surface area (TPSA) is 105 Å². The molecular formula is C17H24N2O5. The van der Waals surface area contributed by atoms with E-state index in [4.69, 9.17) is 9.84 Å². The fourth-order valence-electron chi connectivity index (χ4n) is 2.00. The van der Waals surface area contributed by atoms with E-state index < -0.39 is 30.1 Å². The van der Waals surface area contributed by atoms with E-state index in [9.17, 15) is 14.4 Å². The minimum Gasteiger partial charge on any atom is -0.480 e. The van der Waals surface area contributed by atoms with Gasteiger partial charge in [-0.05, 0) is 24.8 Å². The first-order chi connectivity index (χ1) is 11.3. The quantitative estimate of drug-likeness (QED) is 0.673. The van der Waals surface area contributed by atoms with Crippen molar-refractivity contribution in [2.45, 2.75) is 45.9 Å². The second-order valence-corrected chi connectivity index (χ2v) is 5.96. The SMILES string of the molecule is CC(C)C[C@H](NC(=O)[C@@H](C)NC(=O)OCc1ccccc1)C(=O)O. The zero-order valence-electron chi connectivity index (χ0n) is 14.1. The van der Waals surface area contributed by atoms with Gasteiger partial charge in [0.2, 0.25) is 5.91 Å². The van der Waals surface area contributed by atoms with Crippen LogP contribution >= 0.6 is 0 Å². The standard InChI is InChI=1S/C17H24N2O5/c1-11(2)9-14(16(21)22)19-15(20)12(3)18-17(23)24-10-13-7-5-4-6-8-13/h4-8,11-12,14H,9-10H2,1-3H3,(H,18,23)(H,19,20)(H,21,22)/t12-,14+/m1/s1. The number of carbonyl (C=O) groups excluding carboxylic acids is 2. The number of ether oxygens (including phenoxy) is 1. The molecule has 0 aliphatic carbocycles. The number of aliphatic carboxylic acids is 1. The van der Waals surface area contributed by atoms with E-state index in [0.29, 0.717) is 6.42 Å². The van der Waals surface area contributed by atoms with Crippen molar-refractivity contribution >= 4 is 18.0 Å².